The standard InChI is InChI=1S/C24H31N3OS/c1-3-7-22(28)19-10-11-24-21(18-19)27(20-8-4-5-9-23(20)29-24)13-6-12-26-16-14-25(2)15-17-26/h4-5,8-11,18H,3,6-7,12-17H2,1-2H3/i2D3,12D2. The molecule has 0 spiro atoms. The first-order chi connectivity index (χ1) is 16.1. The molecule has 29 heavy (non-hydrogen) atoms. The van der Waals surface area contributed by atoms with Gasteiger partial charge in [0.25, 0.3) is 0 Å². The third-order valence-electron chi connectivity index (χ3n) is 5.38. The maximum absolute atomic E-state index is 12.6. The molecule has 4 rings (SSSR count). The van der Waals surface area contributed by atoms with Crippen LogP contribution in [-0.4, -0.2) is 61.8 Å². The molecule has 154 valence electrons. The van der Waals surface area contributed by atoms with E-state index in [1.54, 1.807) is 16.7 Å². The van der Waals surface area contributed by atoms with E-state index in [-0.39, 0.29) is 12.2 Å². The van der Waals surface area contributed by atoms with Crippen LogP contribution in [0.2, 0.25) is 0 Å². The second kappa shape index (κ2) is 9.33. The molecule has 1 saturated heterocycles. The Labute approximate surface area is 185 Å². The van der Waals surface area contributed by atoms with Crippen molar-refractivity contribution in [3.63, 3.8) is 0 Å². The summed E-state index contributed by atoms with van der Waals surface area (Å²) in [5, 5.41) is 0. The highest BCUT2D eigenvalue weighted by molar-refractivity contribution is 7.99. The van der Waals surface area contributed by atoms with E-state index in [4.69, 9.17) is 6.85 Å². The molecule has 5 heteroatoms. The largest absolute Gasteiger partial charge is 0.340 e. The van der Waals surface area contributed by atoms with E-state index < -0.39 is 13.5 Å². The van der Waals surface area contributed by atoms with Gasteiger partial charge < -0.3 is 14.7 Å². The molecule has 2 aromatic carbocycles. The monoisotopic (exact) mass is 414 g/mol. The van der Waals surface area contributed by atoms with Crippen molar-refractivity contribution in [2.75, 3.05) is 51.1 Å². The van der Waals surface area contributed by atoms with Crippen LogP contribution in [0.3, 0.4) is 0 Å². The van der Waals surface area contributed by atoms with Gasteiger partial charge in [-0.2, -0.15) is 0 Å². The van der Waals surface area contributed by atoms with Crippen molar-refractivity contribution in [3.8, 4) is 0 Å². The van der Waals surface area contributed by atoms with Crippen LogP contribution in [0.5, 0.6) is 0 Å². The zero-order valence-electron chi connectivity index (χ0n) is 21.9. The maximum atomic E-state index is 12.6. The van der Waals surface area contributed by atoms with Gasteiger partial charge in [-0.15, -0.1) is 0 Å². The van der Waals surface area contributed by atoms with Crippen LogP contribution >= 0.6 is 11.8 Å². The minimum atomic E-state index is -2.13. The first-order valence-electron chi connectivity index (χ1n) is 12.8. The lowest BCUT2D eigenvalue weighted by Gasteiger charge is -2.35. The number of likely N-dealkylation sites (N-methyl/N-ethyl adjacent to an activating group) is 1. The van der Waals surface area contributed by atoms with Crippen molar-refractivity contribution in [2.45, 2.75) is 36.0 Å². The molecule has 0 radical (unpaired) electrons. The summed E-state index contributed by atoms with van der Waals surface area (Å²) >= 11 is 1.67. The number of anilines is 2. The van der Waals surface area contributed by atoms with Gasteiger partial charge in [0.05, 0.1) is 11.4 Å². The fourth-order valence-corrected chi connectivity index (χ4v) is 4.88. The molecule has 0 aliphatic carbocycles. The Morgan fingerprint density at radius 2 is 1.90 bits per heavy atom. The van der Waals surface area contributed by atoms with Crippen LogP contribution in [-0.2, 0) is 0 Å². The first-order valence-corrected chi connectivity index (χ1v) is 11.1. The van der Waals surface area contributed by atoms with Gasteiger partial charge in [-0.1, -0.05) is 36.9 Å². The highest BCUT2D eigenvalue weighted by Gasteiger charge is 2.24. The molecule has 2 heterocycles. The molecule has 2 aliphatic heterocycles. The molecule has 0 N–H and O–H groups in total. The maximum Gasteiger partial charge on any atom is 0.162 e. The number of carbonyl (C=O) groups is 1. The summed E-state index contributed by atoms with van der Waals surface area (Å²) < 4.78 is 40.3. The number of fused-ring (bicyclic) bond motifs is 2. The van der Waals surface area contributed by atoms with Crippen molar-refractivity contribution in [1.29, 1.82) is 0 Å². The Kier molecular flexibility index (Phi) is 4.84. The second-order valence-corrected chi connectivity index (χ2v) is 8.54. The molecule has 0 saturated carbocycles. The van der Waals surface area contributed by atoms with E-state index in [9.17, 15) is 4.79 Å². The van der Waals surface area contributed by atoms with E-state index >= 15 is 0 Å². The Morgan fingerprint density at radius 3 is 2.69 bits per heavy atom. The van der Waals surface area contributed by atoms with Crippen molar-refractivity contribution in [1.82, 2.24) is 9.80 Å². The Balaban J connectivity index is 1.54. The summed E-state index contributed by atoms with van der Waals surface area (Å²) in [6.07, 6.45) is 1.56. The molecule has 4 nitrogen and oxygen atoms in total. The number of hydrogen-bond donors (Lipinski definition) is 0. The normalized spacial score (nSPS) is 20.6. The van der Waals surface area contributed by atoms with Gasteiger partial charge in [0, 0.05) is 61.4 Å². The number of rotatable bonds is 7. The Morgan fingerprint density at radius 1 is 1.10 bits per heavy atom. The van der Waals surface area contributed by atoms with Crippen LogP contribution in [0.1, 0.15) is 43.4 Å². The van der Waals surface area contributed by atoms with E-state index in [1.165, 1.54) is 4.90 Å². The fraction of sp³-hybridized carbons (Fsp3) is 0.458. The lowest BCUT2D eigenvalue weighted by atomic mass is 10.1. The van der Waals surface area contributed by atoms with Crippen LogP contribution in [0.15, 0.2) is 52.3 Å². The third kappa shape index (κ3) is 4.68. The molecule has 1 fully saturated rings. The number of hydrogen-bond acceptors (Lipinski definition) is 5. The van der Waals surface area contributed by atoms with Crippen LogP contribution in [0.25, 0.3) is 0 Å². The zero-order valence-corrected chi connectivity index (χ0v) is 17.7. The molecular weight excluding hydrogens is 378 g/mol. The number of benzene rings is 2. The fourth-order valence-electron chi connectivity index (χ4n) is 3.80. The molecule has 0 atom stereocenters. The Hall–Kier alpha value is -1.82. The highest BCUT2D eigenvalue weighted by Crippen LogP contribution is 2.48. The quantitative estimate of drug-likeness (QED) is 0.600. The molecule has 2 aromatic rings. The minimum absolute atomic E-state index is 0.122. The van der Waals surface area contributed by atoms with E-state index in [2.05, 4.69) is 11.0 Å². The smallest absolute Gasteiger partial charge is 0.162 e. The molecule has 0 amide bonds. The summed E-state index contributed by atoms with van der Waals surface area (Å²) in [7, 11) is 0. The van der Waals surface area contributed by atoms with Gasteiger partial charge in [-0.3, -0.25) is 4.79 Å². The highest BCUT2D eigenvalue weighted by atomic mass is 32.2. The molecule has 0 bridgehead atoms. The van der Waals surface area contributed by atoms with Crippen molar-refractivity contribution >= 4 is 28.9 Å². The Bertz CT molecular complexity index is 1040. The van der Waals surface area contributed by atoms with Gasteiger partial charge in [0.1, 0.15) is 0 Å². The number of carbonyl (C=O) groups excluding carboxylic acids is 1. The topological polar surface area (TPSA) is 26.8 Å². The lowest BCUT2D eigenvalue weighted by molar-refractivity contribution is 0.0981. The summed E-state index contributed by atoms with van der Waals surface area (Å²) in [6.45, 7) is 0.141. The number of para-hydroxylation sites is 1. The molecule has 2 aliphatic rings. The van der Waals surface area contributed by atoms with Crippen LogP contribution in [0.4, 0.5) is 11.4 Å². The molecular formula is C24H31N3OS. The zero-order chi connectivity index (χ0) is 24.5. The number of piperazine rings is 1. The van der Waals surface area contributed by atoms with Gasteiger partial charge in [0.2, 0.25) is 0 Å². The van der Waals surface area contributed by atoms with Crippen molar-refractivity contribution in [3.05, 3.63) is 48.0 Å². The van der Waals surface area contributed by atoms with Gasteiger partial charge in [-0.05, 0) is 50.6 Å². The van der Waals surface area contributed by atoms with E-state index in [1.807, 2.05) is 43.3 Å². The van der Waals surface area contributed by atoms with Crippen molar-refractivity contribution in [2.24, 2.45) is 0 Å². The number of nitrogens with zero attached hydrogens (tertiary/aromatic N) is 3. The van der Waals surface area contributed by atoms with Gasteiger partial charge in [0.15, 0.2) is 5.78 Å². The predicted molar refractivity (Wildman–Crippen MR) is 122 cm³/mol. The first kappa shape index (κ1) is 15.1. The van der Waals surface area contributed by atoms with Gasteiger partial charge >= 0.3 is 0 Å². The summed E-state index contributed by atoms with van der Waals surface area (Å²) in [6, 6.07) is 13.9. The average Bonchev–Trinajstić information content (AvgIpc) is 2.81. The van der Waals surface area contributed by atoms with Crippen LogP contribution < -0.4 is 4.90 Å². The lowest BCUT2D eigenvalue weighted by Crippen LogP contribution is -2.45. The summed E-state index contributed by atoms with van der Waals surface area (Å²) in [5.74, 6) is 0.122. The van der Waals surface area contributed by atoms with Crippen molar-refractivity contribution < 1.29 is 11.6 Å². The second-order valence-electron chi connectivity index (χ2n) is 7.46. The molecule has 0 unspecified atom stereocenters. The van der Waals surface area contributed by atoms with E-state index in [0.717, 1.165) is 27.6 Å². The predicted octanol–water partition coefficient (Wildman–Crippen LogP) is 4.91. The van der Waals surface area contributed by atoms with Crippen LogP contribution in [0, 0.1) is 0 Å². The minimum Gasteiger partial charge on any atom is -0.340 e. The average molecular weight is 415 g/mol. The number of ketones is 1. The molecule has 0 aromatic heterocycles. The summed E-state index contributed by atoms with van der Waals surface area (Å²) in [4.78, 5) is 20.0. The summed E-state index contributed by atoms with van der Waals surface area (Å²) in [5.41, 5.74) is 2.64. The SMILES string of the molecule is [2H]C([2H])([2H])N1CCN(C([2H])([2H])CCN2c3ccccc3Sc3ccc(C(=O)CCC)cc32)CC1. The van der Waals surface area contributed by atoms with E-state index in [0.29, 0.717) is 44.7 Å². The third-order valence-corrected chi connectivity index (χ3v) is 6.51. The number of Topliss-reactive ketones (excluding diaryl/α,β-unsaturated/α-hetero) is 1. The van der Waals surface area contributed by atoms with Gasteiger partial charge in [-0.25, -0.2) is 0 Å².